The van der Waals surface area contributed by atoms with Crippen molar-refractivity contribution in [1.82, 2.24) is 0 Å². The van der Waals surface area contributed by atoms with Gasteiger partial charge >= 0.3 is 5.97 Å². The third-order valence-electron chi connectivity index (χ3n) is 17.1. The number of nitrogens with one attached hydrogen (secondary N) is 1. The Balaban J connectivity index is 0.00000110. The first-order valence-corrected chi connectivity index (χ1v) is 30.9. The predicted molar refractivity (Wildman–Crippen MR) is 366 cm³/mol. The van der Waals surface area contributed by atoms with E-state index in [0.29, 0.717) is 49.9 Å². The van der Waals surface area contributed by atoms with Gasteiger partial charge in [0.05, 0.1) is 21.4 Å². The van der Waals surface area contributed by atoms with Gasteiger partial charge in [0.2, 0.25) is 5.91 Å². The Kier molecular flexibility index (Phi) is 17.9. The van der Waals surface area contributed by atoms with Crippen LogP contribution in [0.4, 0.5) is 11.4 Å². The maximum absolute atomic E-state index is 15.7. The SMILES string of the molecule is CC(C)[C@H](N)C(=O)O.CC(C)c1cccc(C(C)C)c1NC(=O)c1cc(Oc2ccc(C(C)(C)CC(C)(C)C)cc2)c2c3cccc4c(-c5cccc6c([N+](=O)[O-])cccc56)ccc(c5c(Oc6ccc(C(C)(C)CC(C)(C)C)cc6)cc(C(N)=O)c1c52)c43. The average Bonchev–Trinajstić information content (AvgIpc) is 0.764. The molecule has 0 spiro atoms. The number of nitrogens with zero attached hydrogens (tertiary/aromatic N) is 1. The number of carboxylic acids is 1. The summed E-state index contributed by atoms with van der Waals surface area (Å²) in [4.78, 5) is 52.2. The van der Waals surface area contributed by atoms with Gasteiger partial charge in [-0.05, 0) is 155 Å². The van der Waals surface area contributed by atoms with Gasteiger partial charge in [0.25, 0.3) is 11.6 Å². The molecule has 12 nitrogen and oxygen atoms in total. The summed E-state index contributed by atoms with van der Waals surface area (Å²) in [7, 11) is 0. The van der Waals surface area contributed by atoms with Crippen LogP contribution in [0.3, 0.4) is 0 Å². The molecular formula is C77H86N4O8. The van der Waals surface area contributed by atoms with Crippen molar-refractivity contribution in [2.24, 2.45) is 28.2 Å². The number of hydrogen-bond acceptors (Lipinski definition) is 8. The van der Waals surface area contributed by atoms with Crippen LogP contribution in [0.1, 0.15) is 178 Å². The van der Waals surface area contributed by atoms with Crippen molar-refractivity contribution < 1.29 is 33.9 Å². The zero-order valence-corrected chi connectivity index (χ0v) is 54.5. The number of carbonyl (C=O) groups is 3. The number of fused-ring (bicyclic) bond motifs is 3. The molecule has 0 aliphatic carbocycles. The number of benzene rings is 10. The van der Waals surface area contributed by atoms with E-state index >= 15 is 4.79 Å². The van der Waals surface area contributed by atoms with Crippen molar-refractivity contribution in [1.29, 1.82) is 0 Å². The zero-order chi connectivity index (χ0) is 65.0. The molecule has 0 aliphatic rings. The number of nitro groups is 1. The fraction of sp³-hybridized carbons (Fsp3) is 0.338. The number of anilines is 1. The van der Waals surface area contributed by atoms with E-state index in [4.69, 9.17) is 26.0 Å². The van der Waals surface area contributed by atoms with Crippen LogP contribution in [0.25, 0.3) is 65.0 Å². The number of carboxylic acid groups (broad SMARTS) is 1. The monoisotopic (exact) mass is 1190 g/mol. The number of rotatable bonds is 17. The third kappa shape index (κ3) is 13.3. The summed E-state index contributed by atoms with van der Waals surface area (Å²) in [5, 5.41) is 30.9. The lowest BCUT2D eigenvalue weighted by molar-refractivity contribution is -0.383. The van der Waals surface area contributed by atoms with Crippen LogP contribution >= 0.6 is 0 Å². The van der Waals surface area contributed by atoms with Gasteiger partial charge in [0, 0.05) is 33.3 Å². The van der Waals surface area contributed by atoms with Crippen LogP contribution in [0, 0.1) is 26.9 Å². The van der Waals surface area contributed by atoms with E-state index in [0.717, 1.165) is 73.3 Å². The van der Waals surface area contributed by atoms with E-state index in [1.54, 1.807) is 38.1 Å². The Bertz CT molecular complexity index is 4310. The van der Waals surface area contributed by atoms with E-state index in [9.17, 15) is 19.7 Å². The van der Waals surface area contributed by atoms with Gasteiger partial charge < -0.3 is 31.4 Å². The number of nitrogens with two attached hydrogens (primary N) is 2. The third-order valence-corrected chi connectivity index (χ3v) is 17.1. The molecule has 0 aliphatic heterocycles. The minimum absolute atomic E-state index is 0.0208. The highest BCUT2D eigenvalue weighted by molar-refractivity contribution is 6.40. The molecule has 0 bridgehead atoms. The smallest absolute Gasteiger partial charge is 0.320 e. The second-order valence-electron chi connectivity index (χ2n) is 28.7. The first-order chi connectivity index (χ1) is 41.7. The van der Waals surface area contributed by atoms with Crippen LogP contribution < -0.4 is 26.3 Å². The number of ether oxygens (including phenoxy) is 2. The van der Waals surface area contributed by atoms with Crippen LogP contribution in [0.15, 0.2) is 146 Å². The van der Waals surface area contributed by atoms with Crippen molar-refractivity contribution in [2.45, 2.75) is 152 Å². The Morgan fingerprint density at radius 2 is 0.966 bits per heavy atom. The van der Waals surface area contributed by atoms with Gasteiger partial charge in [-0.1, -0.05) is 208 Å². The van der Waals surface area contributed by atoms with Gasteiger partial charge in [-0.2, -0.15) is 0 Å². The number of nitro benzene ring substituents is 1. The van der Waals surface area contributed by atoms with Gasteiger partial charge in [-0.3, -0.25) is 24.5 Å². The summed E-state index contributed by atoms with van der Waals surface area (Å²) in [5.41, 5.74) is 18.7. The lowest BCUT2D eigenvalue weighted by Gasteiger charge is -2.33. The highest BCUT2D eigenvalue weighted by Gasteiger charge is 2.32. The van der Waals surface area contributed by atoms with E-state index in [-0.39, 0.29) is 61.2 Å². The summed E-state index contributed by atoms with van der Waals surface area (Å²) in [5.74, 6) is -0.0536. The zero-order valence-electron chi connectivity index (χ0n) is 54.5. The summed E-state index contributed by atoms with van der Waals surface area (Å²) < 4.78 is 14.3. The fourth-order valence-corrected chi connectivity index (χ4v) is 13.6. The molecule has 1 atom stereocenters. The van der Waals surface area contributed by atoms with Crippen molar-refractivity contribution >= 4 is 83.0 Å². The highest BCUT2D eigenvalue weighted by atomic mass is 16.6. The van der Waals surface area contributed by atoms with Gasteiger partial charge in [-0.25, -0.2) is 0 Å². The normalized spacial score (nSPS) is 12.8. The lowest BCUT2D eigenvalue weighted by atomic mass is 9.72. The van der Waals surface area contributed by atoms with Crippen LogP contribution in [0.5, 0.6) is 23.0 Å². The number of amides is 2. The molecule has 0 radical (unpaired) electrons. The molecule has 10 aromatic rings. The molecule has 12 heteroatoms. The molecule has 2 amide bonds. The second-order valence-corrected chi connectivity index (χ2v) is 28.7. The molecule has 0 saturated carbocycles. The number of primary amides is 1. The molecule has 10 rings (SSSR count). The molecule has 462 valence electrons. The van der Waals surface area contributed by atoms with Crippen LogP contribution in [-0.4, -0.2) is 33.9 Å². The Morgan fingerprint density at radius 1 is 0.528 bits per heavy atom. The van der Waals surface area contributed by atoms with Crippen LogP contribution in [0.2, 0.25) is 0 Å². The van der Waals surface area contributed by atoms with Crippen molar-refractivity contribution in [2.75, 3.05) is 5.32 Å². The van der Waals surface area contributed by atoms with Gasteiger partial charge in [-0.15, -0.1) is 0 Å². The quantitative estimate of drug-likeness (QED) is 0.0297. The number of para-hydroxylation sites is 1. The first kappa shape index (κ1) is 64.6. The molecule has 0 unspecified atom stereocenters. The number of hydrogen-bond donors (Lipinski definition) is 4. The van der Waals surface area contributed by atoms with Crippen molar-refractivity contribution in [3.05, 3.63) is 189 Å². The minimum atomic E-state index is -0.931. The second kappa shape index (κ2) is 24.6. The molecule has 0 saturated heterocycles. The summed E-state index contributed by atoms with van der Waals surface area (Å²) in [6, 6.07) is 46.3. The topological polar surface area (TPSA) is 197 Å². The Hall–Kier alpha value is -8.87. The molecule has 0 aromatic heterocycles. The minimum Gasteiger partial charge on any atom is -0.480 e. The standard InChI is InChI=1S/C72H75N3O6.C5H11NO2/c1-41(2)47-19-15-20-48(42(3)4)66(47)74-68(77)57-38-60(81-46-33-29-44(30-34-46)72(13,14)40-70(8,9)10)63-54-25-17-24-53-51(49-21-16-23-52-50(49)22-18-26-58(52)75(78)79)35-36-55(61(53)54)64-59(37-56(67(73)76)62(57)65(63)64)80-45-31-27-43(28-32-45)71(11,12)39-69(5,6)7;1-3(2)4(6)5(7)8/h15-38,41-42H,39-40H2,1-14H3,(H2,73,76)(H,74,77);3-4H,6H2,1-2H3,(H,7,8)/t;4-/m.0/s1. The predicted octanol–water partition coefficient (Wildman–Crippen LogP) is 20.1. The van der Waals surface area contributed by atoms with Crippen molar-refractivity contribution in [3.8, 4) is 34.1 Å². The van der Waals surface area contributed by atoms with Crippen molar-refractivity contribution in [3.63, 3.8) is 0 Å². The van der Waals surface area contributed by atoms with E-state index in [2.05, 4.69) is 151 Å². The summed E-state index contributed by atoms with van der Waals surface area (Å²) >= 11 is 0. The summed E-state index contributed by atoms with van der Waals surface area (Å²) in [6.07, 6.45) is 1.92. The molecule has 6 N–H and O–H groups in total. The summed E-state index contributed by atoms with van der Waals surface area (Å²) in [6.45, 7) is 34.6. The number of aliphatic carboxylic acids is 1. The average molecular weight is 1200 g/mol. The highest BCUT2D eigenvalue weighted by Crippen LogP contribution is 2.53. The van der Waals surface area contributed by atoms with E-state index in [1.807, 2.05) is 66.7 Å². The maximum atomic E-state index is 15.7. The molecule has 0 fully saturated rings. The fourth-order valence-electron chi connectivity index (χ4n) is 13.6. The Morgan fingerprint density at radius 3 is 1.43 bits per heavy atom. The number of non-ortho nitro benzene ring substituents is 1. The largest absolute Gasteiger partial charge is 0.480 e. The maximum Gasteiger partial charge on any atom is 0.320 e. The van der Waals surface area contributed by atoms with Gasteiger partial charge in [0.1, 0.15) is 29.0 Å². The lowest BCUT2D eigenvalue weighted by Crippen LogP contribution is -2.34. The van der Waals surface area contributed by atoms with Gasteiger partial charge in [0.15, 0.2) is 0 Å². The molecule has 10 aromatic carbocycles. The molecule has 0 heterocycles. The van der Waals surface area contributed by atoms with E-state index < -0.39 is 23.8 Å². The van der Waals surface area contributed by atoms with E-state index in [1.165, 1.54) is 11.6 Å². The molecular weight excluding hydrogens is 1110 g/mol. The van der Waals surface area contributed by atoms with Crippen LogP contribution in [-0.2, 0) is 15.6 Å². The Labute approximate surface area is 523 Å². The number of carbonyl (C=O) groups excluding carboxylic acids is 2. The molecule has 89 heavy (non-hydrogen) atoms. The first-order valence-electron chi connectivity index (χ1n) is 30.9.